The predicted molar refractivity (Wildman–Crippen MR) is 53.5 cm³/mol. The number of nitro groups is 1. The molecular formula is C9H12N2O4. The van der Waals surface area contributed by atoms with Gasteiger partial charge in [0.2, 0.25) is 0 Å². The van der Waals surface area contributed by atoms with Crippen molar-refractivity contribution >= 4 is 5.69 Å². The van der Waals surface area contributed by atoms with Gasteiger partial charge in [-0.1, -0.05) is 0 Å². The number of rotatable bonds is 4. The summed E-state index contributed by atoms with van der Waals surface area (Å²) in [7, 11) is 0. The summed E-state index contributed by atoms with van der Waals surface area (Å²) in [6.07, 6.45) is 0.154. The third-order valence-corrected chi connectivity index (χ3v) is 1.98. The summed E-state index contributed by atoms with van der Waals surface area (Å²) in [6.45, 7) is -0.257. The van der Waals surface area contributed by atoms with Crippen molar-refractivity contribution < 1.29 is 15.1 Å². The molecule has 0 bridgehead atoms. The number of hydrogen-bond acceptors (Lipinski definition) is 5. The van der Waals surface area contributed by atoms with E-state index in [4.69, 9.17) is 10.8 Å². The molecule has 0 fully saturated rings. The number of hydrogen-bond donors (Lipinski definition) is 3. The Bertz CT molecular complexity index is 367. The molecule has 0 aliphatic carbocycles. The average Bonchev–Trinajstić information content (AvgIpc) is 2.17. The van der Waals surface area contributed by atoms with Gasteiger partial charge in [0.05, 0.1) is 11.5 Å². The molecule has 1 rings (SSSR count). The van der Waals surface area contributed by atoms with Crippen LogP contribution in [0.1, 0.15) is 5.56 Å². The highest BCUT2D eigenvalue weighted by Gasteiger charge is 2.16. The first kappa shape index (κ1) is 11.4. The van der Waals surface area contributed by atoms with Gasteiger partial charge in [-0.3, -0.25) is 10.1 Å². The fraction of sp³-hybridized carbons (Fsp3) is 0.333. The molecule has 4 N–H and O–H groups in total. The quantitative estimate of drug-likeness (QED) is 0.486. The number of phenolic OH excluding ortho intramolecular Hbond substituents is 1. The standard InChI is InChI=1S/C9H12N2O4/c10-7(5-12)3-6-4-8(13)1-2-9(6)11(14)15/h1-2,4,7,12-13H,3,5,10H2. The molecule has 0 aliphatic rings. The molecule has 1 aromatic carbocycles. The summed E-state index contributed by atoms with van der Waals surface area (Å²) < 4.78 is 0. The van der Waals surface area contributed by atoms with E-state index in [0.29, 0.717) is 5.56 Å². The molecule has 0 heterocycles. The molecule has 0 saturated heterocycles. The number of nitrogens with two attached hydrogens (primary N) is 1. The molecule has 6 heteroatoms. The number of aromatic hydroxyl groups is 1. The van der Waals surface area contributed by atoms with Crippen LogP contribution < -0.4 is 5.73 Å². The van der Waals surface area contributed by atoms with Gasteiger partial charge in [0.15, 0.2) is 0 Å². The molecule has 1 aromatic rings. The molecule has 82 valence electrons. The van der Waals surface area contributed by atoms with E-state index < -0.39 is 11.0 Å². The zero-order valence-electron chi connectivity index (χ0n) is 7.96. The highest BCUT2D eigenvalue weighted by Crippen LogP contribution is 2.24. The number of nitro benzene ring substituents is 1. The van der Waals surface area contributed by atoms with Crippen molar-refractivity contribution in [1.82, 2.24) is 0 Å². The maximum Gasteiger partial charge on any atom is 0.272 e. The van der Waals surface area contributed by atoms with Gasteiger partial charge in [-0.2, -0.15) is 0 Å². The van der Waals surface area contributed by atoms with E-state index in [2.05, 4.69) is 0 Å². The topological polar surface area (TPSA) is 110 Å². The van der Waals surface area contributed by atoms with Gasteiger partial charge >= 0.3 is 0 Å². The van der Waals surface area contributed by atoms with Crippen molar-refractivity contribution in [2.45, 2.75) is 12.5 Å². The lowest BCUT2D eigenvalue weighted by atomic mass is 10.0. The van der Waals surface area contributed by atoms with Crippen molar-refractivity contribution in [3.63, 3.8) is 0 Å². The molecule has 0 spiro atoms. The van der Waals surface area contributed by atoms with E-state index in [1.807, 2.05) is 0 Å². The Morgan fingerprint density at radius 1 is 1.53 bits per heavy atom. The molecule has 15 heavy (non-hydrogen) atoms. The molecule has 1 unspecified atom stereocenters. The van der Waals surface area contributed by atoms with E-state index in [9.17, 15) is 15.2 Å². The highest BCUT2D eigenvalue weighted by atomic mass is 16.6. The van der Waals surface area contributed by atoms with Crippen LogP contribution in [0.2, 0.25) is 0 Å². The minimum atomic E-state index is -0.564. The van der Waals surface area contributed by atoms with Crippen LogP contribution in [0.3, 0.4) is 0 Å². The van der Waals surface area contributed by atoms with E-state index in [1.165, 1.54) is 18.2 Å². The summed E-state index contributed by atoms with van der Waals surface area (Å²) in [5, 5.41) is 28.5. The Morgan fingerprint density at radius 2 is 2.20 bits per heavy atom. The number of benzene rings is 1. The van der Waals surface area contributed by atoms with Crippen LogP contribution in [0.5, 0.6) is 5.75 Å². The summed E-state index contributed by atoms with van der Waals surface area (Å²) in [5.74, 6) is -0.0549. The van der Waals surface area contributed by atoms with E-state index in [0.717, 1.165) is 0 Å². The van der Waals surface area contributed by atoms with Gasteiger partial charge in [0, 0.05) is 17.7 Å². The largest absolute Gasteiger partial charge is 0.508 e. The van der Waals surface area contributed by atoms with Crippen LogP contribution >= 0.6 is 0 Å². The van der Waals surface area contributed by atoms with Gasteiger partial charge in [-0.25, -0.2) is 0 Å². The van der Waals surface area contributed by atoms with Crippen molar-refractivity contribution in [3.8, 4) is 5.75 Å². The second kappa shape index (κ2) is 4.72. The molecule has 0 radical (unpaired) electrons. The molecule has 6 nitrogen and oxygen atoms in total. The zero-order valence-corrected chi connectivity index (χ0v) is 7.96. The number of nitrogens with zero attached hydrogens (tertiary/aromatic N) is 1. The van der Waals surface area contributed by atoms with Crippen LogP contribution in [-0.2, 0) is 6.42 Å². The van der Waals surface area contributed by atoms with E-state index in [-0.39, 0.29) is 24.5 Å². The predicted octanol–water partition coefficient (Wildman–Crippen LogP) is 0.162. The van der Waals surface area contributed by atoms with E-state index in [1.54, 1.807) is 0 Å². The SMILES string of the molecule is NC(CO)Cc1cc(O)ccc1[N+](=O)[O-]. The van der Waals surface area contributed by atoms with Gasteiger partial charge in [0.25, 0.3) is 5.69 Å². The minimum absolute atomic E-state index is 0.0549. The average molecular weight is 212 g/mol. The first-order valence-electron chi connectivity index (χ1n) is 4.37. The van der Waals surface area contributed by atoms with Crippen molar-refractivity contribution in [1.29, 1.82) is 0 Å². The summed E-state index contributed by atoms with van der Waals surface area (Å²) in [6, 6.07) is 3.18. The van der Waals surface area contributed by atoms with Gasteiger partial charge in [0.1, 0.15) is 5.75 Å². The third-order valence-electron chi connectivity index (χ3n) is 1.98. The molecule has 0 amide bonds. The van der Waals surface area contributed by atoms with Crippen molar-refractivity contribution in [2.75, 3.05) is 6.61 Å². The lowest BCUT2D eigenvalue weighted by Crippen LogP contribution is -2.27. The Balaban J connectivity index is 3.02. The van der Waals surface area contributed by atoms with Crippen LogP contribution in [0.15, 0.2) is 18.2 Å². The van der Waals surface area contributed by atoms with Crippen LogP contribution in [-0.4, -0.2) is 27.8 Å². The normalized spacial score (nSPS) is 12.4. The smallest absolute Gasteiger partial charge is 0.272 e. The van der Waals surface area contributed by atoms with Crippen molar-refractivity contribution in [2.24, 2.45) is 5.73 Å². The molecular weight excluding hydrogens is 200 g/mol. The summed E-state index contributed by atoms with van der Waals surface area (Å²) >= 11 is 0. The van der Waals surface area contributed by atoms with Crippen molar-refractivity contribution in [3.05, 3.63) is 33.9 Å². The summed E-state index contributed by atoms with van der Waals surface area (Å²) in [5.41, 5.74) is 5.69. The van der Waals surface area contributed by atoms with Gasteiger partial charge in [-0.15, -0.1) is 0 Å². The minimum Gasteiger partial charge on any atom is -0.508 e. The first-order valence-corrected chi connectivity index (χ1v) is 4.37. The highest BCUT2D eigenvalue weighted by molar-refractivity contribution is 5.45. The summed E-state index contributed by atoms with van der Waals surface area (Å²) in [4.78, 5) is 10.1. The van der Waals surface area contributed by atoms with Gasteiger partial charge < -0.3 is 15.9 Å². The lowest BCUT2D eigenvalue weighted by Gasteiger charge is -2.08. The Morgan fingerprint density at radius 3 is 2.73 bits per heavy atom. The molecule has 1 atom stereocenters. The lowest BCUT2D eigenvalue weighted by molar-refractivity contribution is -0.385. The van der Waals surface area contributed by atoms with Gasteiger partial charge in [-0.05, 0) is 18.6 Å². The Labute approximate surface area is 86.1 Å². The van der Waals surface area contributed by atoms with Crippen LogP contribution in [0, 0.1) is 10.1 Å². The fourth-order valence-corrected chi connectivity index (χ4v) is 1.26. The van der Waals surface area contributed by atoms with Crippen LogP contribution in [0.25, 0.3) is 0 Å². The molecule has 0 aromatic heterocycles. The Hall–Kier alpha value is -1.66. The maximum absolute atomic E-state index is 10.6. The van der Waals surface area contributed by atoms with Crippen LogP contribution in [0.4, 0.5) is 5.69 Å². The third kappa shape index (κ3) is 2.90. The monoisotopic (exact) mass is 212 g/mol. The number of aliphatic hydroxyl groups is 1. The maximum atomic E-state index is 10.6. The first-order chi connectivity index (χ1) is 7.04. The number of aliphatic hydroxyl groups excluding tert-OH is 1. The number of phenols is 1. The second-order valence-electron chi connectivity index (χ2n) is 3.22. The second-order valence-corrected chi connectivity index (χ2v) is 3.22. The molecule has 0 aliphatic heterocycles. The molecule has 0 saturated carbocycles. The zero-order chi connectivity index (χ0) is 11.4. The fourth-order valence-electron chi connectivity index (χ4n) is 1.26. The van der Waals surface area contributed by atoms with E-state index >= 15 is 0 Å². The Kier molecular flexibility index (Phi) is 3.59.